The maximum absolute atomic E-state index is 12.9. The zero-order chi connectivity index (χ0) is 14.6. The topological polar surface area (TPSA) is 72.5 Å². The van der Waals surface area contributed by atoms with Gasteiger partial charge in [0.05, 0.1) is 12.0 Å². The molecule has 1 unspecified atom stereocenters. The first-order chi connectivity index (χ1) is 8.77. The zero-order valence-corrected chi connectivity index (χ0v) is 13.3. The minimum absolute atomic E-state index is 0.0117. The van der Waals surface area contributed by atoms with E-state index >= 15 is 0 Å². The van der Waals surface area contributed by atoms with E-state index in [1.807, 2.05) is 0 Å². The normalized spacial score (nSPS) is 13.1. The number of benzene rings is 1. The standard InChI is InChI=1S/C11H13FINO4S/c1-7-5-8(12)3-4-10(7)19(16,17)14-6-9(13)11(15)18-2/h3-5,9,14H,6H2,1-2H3. The van der Waals surface area contributed by atoms with Crippen molar-refractivity contribution < 1.29 is 22.3 Å². The van der Waals surface area contributed by atoms with Gasteiger partial charge in [-0.2, -0.15) is 0 Å². The number of alkyl halides is 1. The fourth-order valence-corrected chi connectivity index (χ4v) is 3.43. The highest BCUT2D eigenvalue weighted by atomic mass is 127. The molecule has 0 aliphatic carbocycles. The number of hydrogen-bond donors (Lipinski definition) is 1. The summed E-state index contributed by atoms with van der Waals surface area (Å²) in [6, 6.07) is 3.40. The van der Waals surface area contributed by atoms with Crippen LogP contribution >= 0.6 is 22.6 Å². The Labute approximate surface area is 124 Å². The molecule has 0 saturated carbocycles. The lowest BCUT2D eigenvalue weighted by Crippen LogP contribution is -2.34. The summed E-state index contributed by atoms with van der Waals surface area (Å²) in [5.74, 6) is -1.02. The van der Waals surface area contributed by atoms with Crippen molar-refractivity contribution in [2.75, 3.05) is 13.7 Å². The van der Waals surface area contributed by atoms with Gasteiger partial charge in [-0.05, 0) is 30.7 Å². The highest BCUT2D eigenvalue weighted by Crippen LogP contribution is 2.16. The number of ether oxygens (including phenoxy) is 1. The molecule has 0 radical (unpaired) electrons. The molecule has 0 amide bonds. The Kier molecular flexibility index (Phi) is 5.68. The predicted octanol–water partition coefficient (Wildman–Crippen LogP) is 1.39. The third-order valence-electron chi connectivity index (χ3n) is 2.34. The highest BCUT2D eigenvalue weighted by Gasteiger charge is 2.21. The molecule has 106 valence electrons. The second-order valence-corrected chi connectivity index (χ2v) is 6.99. The van der Waals surface area contributed by atoms with Crippen molar-refractivity contribution >= 4 is 38.6 Å². The Morgan fingerprint density at radius 1 is 1.53 bits per heavy atom. The average Bonchev–Trinajstić information content (AvgIpc) is 2.34. The molecule has 0 saturated heterocycles. The molecule has 0 spiro atoms. The number of carbonyl (C=O) groups is 1. The van der Waals surface area contributed by atoms with E-state index in [1.54, 1.807) is 22.6 Å². The maximum atomic E-state index is 12.9. The molecule has 1 atom stereocenters. The molecule has 1 N–H and O–H groups in total. The second-order valence-electron chi connectivity index (χ2n) is 3.75. The van der Waals surface area contributed by atoms with Crippen molar-refractivity contribution in [2.24, 2.45) is 0 Å². The Bertz CT molecular complexity index is 576. The largest absolute Gasteiger partial charge is 0.468 e. The monoisotopic (exact) mass is 401 g/mol. The molecule has 19 heavy (non-hydrogen) atoms. The van der Waals surface area contributed by atoms with Crippen LogP contribution in [0.3, 0.4) is 0 Å². The maximum Gasteiger partial charge on any atom is 0.319 e. The Morgan fingerprint density at radius 2 is 2.16 bits per heavy atom. The first kappa shape index (κ1) is 16.3. The lowest BCUT2D eigenvalue weighted by atomic mass is 10.2. The van der Waals surface area contributed by atoms with Gasteiger partial charge in [-0.25, -0.2) is 17.5 Å². The summed E-state index contributed by atoms with van der Waals surface area (Å²) in [4.78, 5) is 11.2. The van der Waals surface area contributed by atoms with Gasteiger partial charge in [0, 0.05) is 6.54 Å². The molecule has 5 nitrogen and oxygen atoms in total. The Morgan fingerprint density at radius 3 is 2.68 bits per heavy atom. The zero-order valence-electron chi connectivity index (χ0n) is 10.3. The quantitative estimate of drug-likeness (QED) is 0.460. The van der Waals surface area contributed by atoms with Gasteiger partial charge in [-0.15, -0.1) is 0 Å². The van der Waals surface area contributed by atoms with Crippen LogP contribution < -0.4 is 4.72 Å². The molecule has 0 aliphatic heterocycles. The van der Waals surface area contributed by atoms with Crippen molar-refractivity contribution in [1.82, 2.24) is 4.72 Å². The molecule has 0 heterocycles. The van der Waals surface area contributed by atoms with Crippen LogP contribution in [0.25, 0.3) is 0 Å². The van der Waals surface area contributed by atoms with Gasteiger partial charge in [0.25, 0.3) is 0 Å². The first-order valence-corrected chi connectivity index (χ1v) is 7.98. The fourth-order valence-electron chi connectivity index (χ4n) is 1.39. The number of methoxy groups -OCH3 is 1. The van der Waals surface area contributed by atoms with Gasteiger partial charge in [0.1, 0.15) is 9.74 Å². The summed E-state index contributed by atoms with van der Waals surface area (Å²) in [6.45, 7) is 1.41. The molecule has 0 aliphatic rings. The molecular formula is C11H13FINO4S. The van der Waals surface area contributed by atoms with Crippen molar-refractivity contribution in [3.8, 4) is 0 Å². The summed E-state index contributed by atoms with van der Waals surface area (Å²) in [7, 11) is -2.54. The SMILES string of the molecule is COC(=O)C(I)CNS(=O)(=O)c1ccc(F)cc1C. The van der Waals surface area contributed by atoms with Crippen LogP contribution in [0.5, 0.6) is 0 Å². The van der Waals surface area contributed by atoms with E-state index in [1.165, 1.54) is 20.1 Å². The predicted molar refractivity (Wildman–Crippen MR) is 76.1 cm³/mol. The first-order valence-electron chi connectivity index (χ1n) is 5.25. The van der Waals surface area contributed by atoms with E-state index < -0.39 is 25.7 Å². The van der Waals surface area contributed by atoms with Crippen LogP contribution in [0.4, 0.5) is 4.39 Å². The van der Waals surface area contributed by atoms with Gasteiger partial charge in [0.15, 0.2) is 0 Å². The lowest BCUT2D eigenvalue weighted by molar-refractivity contribution is -0.139. The van der Waals surface area contributed by atoms with E-state index in [0.29, 0.717) is 5.56 Å². The van der Waals surface area contributed by atoms with Crippen molar-refractivity contribution in [2.45, 2.75) is 15.7 Å². The average molecular weight is 401 g/mol. The van der Waals surface area contributed by atoms with E-state index in [9.17, 15) is 17.6 Å². The summed E-state index contributed by atoms with van der Waals surface area (Å²) < 4.78 is 43.1. The minimum atomic E-state index is -3.77. The summed E-state index contributed by atoms with van der Waals surface area (Å²) in [5.41, 5.74) is 0.301. The molecule has 0 fully saturated rings. The van der Waals surface area contributed by atoms with Crippen LogP contribution in [0.1, 0.15) is 5.56 Å². The molecule has 1 rings (SSSR count). The van der Waals surface area contributed by atoms with E-state index in [4.69, 9.17) is 0 Å². The number of rotatable bonds is 5. The Hall–Kier alpha value is -0.740. The van der Waals surface area contributed by atoms with Gasteiger partial charge >= 0.3 is 5.97 Å². The third-order valence-corrected chi connectivity index (χ3v) is 4.87. The van der Waals surface area contributed by atoms with Gasteiger partial charge in [-0.1, -0.05) is 22.6 Å². The molecule has 8 heteroatoms. The molecular weight excluding hydrogens is 388 g/mol. The highest BCUT2D eigenvalue weighted by molar-refractivity contribution is 14.1. The molecule has 0 bridgehead atoms. The second kappa shape index (κ2) is 6.62. The van der Waals surface area contributed by atoms with E-state index in [2.05, 4.69) is 9.46 Å². The minimum Gasteiger partial charge on any atom is -0.468 e. The Balaban J connectivity index is 2.85. The van der Waals surface area contributed by atoms with Crippen LogP contribution in [0.2, 0.25) is 0 Å². The molecule has 1 aromatic rings. The van der Waals surface area contributed by atoms with E-state index in [-0.39, 0.29) is 11.4 Å². The number of esters is 1. The van der Waals surface area contributed by atoms with Crippen molar-refractivity contribution in [3.05, 3.63) is 29.6 Å². The smallest absolute Gasteiger partial charge is 0.319 e. The summed E-state index contributed by atoms with van der Waals surface area (Å²) >= 11 is 1.78. The number of aryl methyl sites for hydroxylation is 1. The number of carbonyl (C=O) groups excluding carboxylic acids is 1. The van der Waals surface area contributed by atoms with Crippen molar-refractivity contribution in [1.29, 1.82) is 0 Å². The number of halogens is 2. The number of nitrogens with one attached hydrogen (secondary N) is 1. The van der Waals surface area contributed by atoms with Crippen LogP contribution in [-0.4, -0.2) is 32.0 Å². The van der Waals surface area contributed by atoms with Gasteiger partial charge < -0.3 is 4.74 Å². The van der Waals surface area contributed by atoms with Crippen LogP contribution in [-0.2, 0) is 19.6 Å². The van der Waals surface area contributed by atoms with Crippen molar-refractivity contribution in [3.63, 3.8) is 0 Å². The molecule has 0 aromatic heterocycles. The number of sulfonamides is 1. The van der Waals surface area contributed by atoms with Gasteiger partial charge in [0.2, 0.25) is 10.0 Å². The summed E-state index contributed by atoms with van der Waals surface area (Å²) in [6.07, 6.45) is 0. The lowest BCUT2D eigenvalue weighted by Gasteiger charge is -2.11. The molecule has 1 aromatic carbocycles. The third kappa shape index (κ3) is 4.39. The van der Waals surface area contributed by atoms with Crippen LogP contribution in [0.15, 0.2) is 23.1 Å². The van der Waals surface area contributed by atoms with Crippen LogP contribution in [0, 0.1) is 12.7 Å². The summed E-state index contributed by atoms with van der Waals surface area (Å²) in [5, 5.41) is 0. The van der Waals surface area contributed by atoms with E-state index in [0.717, 1.165) is 12.1 Å². The fraction of sp³-hybridized carbons (Fsp3) is 0.364. The van der Waals surface area contributed by atoms with Gasteiger partial charge in [-0.3, -0.25) is 4.79 Å². The number of hydrogen-bond acceptors (Lipinski definition) is 4.